The molecule has 8 heteroatoms. The number of fused-ring (bicyclic) bond motifs is 2. The van der Waals surface area contributed by atoms with Gasteiger partial charge in [0.15, 0.2) is 0 Å². The van der Waals surface area contributed by atoms with Crippen molar-refractivity contribution in [3.05, 3.63) is 18.3 Å². The van der Waals surface area contributed by atoms with Crippen LogP contribution in [0.4, 0.5) is 11.5 Å². The molecular weight excluding hydrogens is 387 g/mol. The number of hydrogen-bond donors (Lipinski definition) is 2. The van der Waals surface area contributed by atoms with E-state index in [0.717, 1.165) is 44.8 Å². The molecule has 0 spiro atoms. The van der Waals surface area contributed by atoms with Crippen molar-refractivity contribution >= 4 is 42.2 Å². The molecule has 0 aromatic carbocycles. The quantitative estimate of drug-likeness (QED) is 0.791. The zero-order valence-corrected chi connectivity index (χ0v) is 17.1. The number of rotatable bonds is 3. The van der Waals surface area contributed by atoms with Gasteiger partial charge in [-0.3, -0.25) is 4.79 Å². The fourth-order valence-corrected chi connectivity index (χ4v) is 4.70. The lowest BCUT2D eigenvalue weighted by Crippen LogP contribution is -2.48. The predicted octanol–water partition coefficient (Wildman–Crippen LogP) is 2.85. The van der Waals surface area contributed by atoms with Gasteiger partial charge >= 0.3 is 0 Å². The van der Waals surface area contributed by atoms with Gasteiger partial charge in [0.05, 0.1) is 25.1 Å². The Kier molecular flexibility index (Phi) is 8.16. The van der Waals surface area contributed by atoms with Crippen LogP contribution in [-0.2, 0) is 9.53 Å². The number of carbonyl (C=O) groups is 1. The van der Waals surface area contributed by atoms with Crippen molar-refractivity contribution in [3.63, 3.8) is 0 Å². The molecule has 2 saturated carbocycles. The number of amides is 1. The summed E-state index contributed by atoms with van der Waals surface area (Å²) in [5, 5.41) is 3.01. The van der Waals surface area contributed by atoms with Gasteiger partial charge < -0.3 is 20.7 Å². The number of hydrogen-bond acceptors (Lipinski definition) is 5. The Morgan fingerprint density at radius 2 is 1.81 bits per heavy atom. The van der Waals surface area contributed by atoms with Gasteiger partial charge in [-0.2, -0.15) is 0 Å². The number of morpholine rings is 1. The van der Waals surface area contributed by atoms with Crippen molar-refractivity contribution in [3.8, 4) is 0 Å². The Morgan fingerprint density at radius 1 is 1.15 bits per heavy atom. The lowest BCUT2D eigenvalue weighted by Gasteiger charge is -2.43. The maximum Gasteiger partial charge on any atom is 0.228 e. The van der Waals surface area contributed by atoms with Crippen LogP contribution in [0.2, 0.25) is 0 Å². The minimum absolute atomic E-state index is 0. The van der Waals surface area contributed by atoms with Crippen LogP contribution in [0, 0.1) is 17.8 Å². The molecule has 3 fully saturated rings. The Balaban J connectivity index is 0.00000131. The summed E-state index contributed by atoms with van der Waals surface area (Å²) in [4.78, 5) is 19.4. The van der Waals surface area contributed by atoms with E-state index in [-0.39, 0.29) is 36.6 Å². The Morgan fingerprint density at radius 3 is 2.41 bits per heavy atom. The van der Waals surface area contributed by atoms with Crippen LogP contribution in [0.15, 0.2) is 18.3 Å². The van der Waals surface area contributed by atoms with Gasteiger partial charge in [-0.05, 0) is 49.7 Å². The Hall–Kier alpha value is -1.08. The number of nitrogens with one attached hydrogen (secondary N) is 1. The summed E-state index contributed by atoms with van der Waals surface area (Å²) in [6, 6.07) is 4.22. The van der Waals surface area contributed by atoms with E-state index in [0.29, 0.717) is 23.7 Å². The average molecular weight is 417 g/mol. The molecular formula is C19H30Cl2N4O2. The van der Waals surface area contributed by atoms with Crippen molar-refractivity contribution in [2.75, 3.05) is 36.5 Å². The third kappa shape index (κ3) is 5.05. The van der Waals surface area contributed by atoms with Crippen molar-refractivity contribution in [2.24, 2.45) is 23.5 Å². The van der Waals surface area contributed by atoms with Crippen LogP contribution < -0.4 is 16.0 Å². The number of pyridine rings is 1. The van der Waals surface area contributed by atoms with Gasteiger partial charge in [0.2, 0.25) is 5.91 Å². The van der Waals surface area contributed by atoms with Crippen molar-refractivity contribution in [1.82, 2.24) is 4.98 Å². The summed E-state index contributed by atoms with van der Waals surface area (Å²) in [5.74, 6) is 1.85. The summed E-state index contributed by atoms with van der Waals surface area (Å²) in [6.07, 6.45) is 7.31. The highest BCUT2D eigenvalue weighted by Gasteiger charge is 2.40. The van der Waals surface area contributed by atoms with Crippen molar-refractivity contribution < 1.29 is 9.53 Å². The molecule has 2 heterocycles. The monoisotopic (exact) mass is 416 g/mol. The van der Waals surface area contributed by atoms with Gasteiger partial charge in [0, 0.05) is 25.0 Å². The van der Waals surface area contributed by atoms with E-state index in [9.17, 15) is 4.79 Å². The third-order valence-electron chi connectivity index (χ3n) is 6.16. The van der Waals surface area contributed by atoms with Crippen LogP contribution in [-0.4, -0.2) is 43.2 Å². The van der Waals surface area contributed by atoms with Gasteiger partial charge in [-0.1, -0.05) is 6.42 Å². The minimum Gasteiger partial charge on any atom is -0.378 e. The lowest BCUT2D eigenvalue weighted by molar-refractivity contribution is -0.122. The lowest BCUT2D eigenvalue weighted by atomic mass is 9.65. The molecule has 1 aliphatic heterocycles. The zero-order valence-electron chi connectivity index (χ0n) is 15.5. The first-order chi connectivity index (χ1) is 12.2. The molecule has 4 rings (SSSR count). The molecule has 6 nitrogen and oxygen atoms in total. The Labute approximate surface area is 173 Å². The van der Waals surface area contributed by atoms with Gasteiger partial charge in [-0.25, -0.2) is 4.98 Å². The van der Waals surface area contributed by atoms with E-state index in [4.69, 9.17) is 10.5 Å². The molecule has 3 aliphatic rings. The molecule has 3 N–H and O–H groups in total. The minimum atomic E-state index is 0. The third-order valence-corrected chi connectivity index (χ3v) is 6.16. The van der Waals surface area contributed by atoms with Crippen LogP contribution in [0.3, 0.4) is 0 Å². The molecule has 1 aromatic rings. The molecule has 1 saturated heterocycles. The SMILES string of the molecule is Cl.Cl.NC1C2CCCC1CC(C(=O)Nc1ccc(N3CCOCC3)cn1)C2. The van der Waals surface area contributed by atoms with Crippen LogP contribution in [0.25, 0.3) is 0 Å². The van der Waals surface area contributed by atoms with Gasteiger partial charge in [0.1, 0.15) is 5.82 Å². The molecule has 2 atom stereocenters. The van der Waals surface area contributed by atoms with Gasteiger partial charge in [-0.15, -0.1) is 24.8 Å². The van der Waals surface area contributed by atoms with Crippen LogP contribution in [0.5, 0.6) is 0 Å². The molecule has 27 heavy (non-hydrogen) atoms. The zero-order chi connectivity index (χ0) is 17.2. The highest BCUT2D eigenvalue weighted by atomic mass is 35.5. The average Bonchev–Trinajstić information content (AvgIpc) is 2.63. The van der Waals surface area contributed by atoms with Crippen molar-refractivity contribution in [1.29, 1.82) is 0 Å². The molecule has 2 unspecified atom stereocenters. The van der Waals surface area contributed by atoms with Crippen LogP contribution in [0.1, 0.15) is 32.1 Å². The first kappa shape index (κ1) is 22.2. The fourth-order valence-electron chi connectivity index (χ4n) is 4.70. The number of halogens is 2. The van der Waals surface area contributed by atoms with E-state index in [1.54, 1.807) is 0 Å². The second-order valence-electron chi connectivity index (χ2n) is 7.69. The number of nitrogens with two attached hydrogens (primary N) is 1. The summed E-state index contributed by atoms with van der Waals surface area (Å²) in [5.41, 5.74) is 7.41. The second-order valence-corrected chi connectivity index (χ2v) is 7.69. The number of carbonyl (C=O) groups excluding carboxylic acids is 1. The predicted molar refractivity (Wildman–Crippen MR) is 112 cm³/mol. The summed E-state index contributed by atoms with van der Waals surface area (Å²) >= 11 is 0. The summed E-state index contributed by atoms with van der Waals surface area (Å²) in [6.45, 7) is 3.28. The van der Waals surface area contributed by atoms with Crippen molar-refractivity contribution in [2.45, 2.75) is 38.1 Å². The van der Waals surface area contributed by atoms with E-state index in [1.165, 1.54) is 19.3 Å². The number of nitrogens with zero attached hydrogens (tertiary/aromatic N) is 2. The normalized spacial score (nSPS) is 29.9. The number of aromatic nitrogens is 1. The molecule has 1 amide bonds. The van der Waals surface area contributed by atoms with E-state index >= 15 is 0 Å². The van der Waals surface area contributed by atoms with E-state index < -0.39 is 0 Å². The maximum atomic E-state index is 12.7. The summed E-state index contributed by atoms with van der Waals surface area (Å²) < 4.78 is 5.38. The standard InChI is InChI=1S/C19H28N4O2.2ClH/c20-18-13-2-1-3-14(18)11-15(10-13)19(24)22-17-5-4-16(12-21-17)23-6-8-25-9-7-23;;/h4-5,12-15,18H,1-3,6-11,20H2,(H,21,22,24);2*1H. The topological polar surface area (TPSA) is 80.5 Å². The van der Waals surface area contributed by atoms with E-state index in [2.05, 4.69) is 15.2 Å². The second kappa shape index (κ2) is 9.92. The first-order valence-electron chi connectivity index (χ1n) is 9.56. The smallest absolute Gasteiger partial charge is 0.228 e. The van der Waals surface area contributed by atoms with Gasteiger partial charge in [0.25, 0.3) is 0 Å². The fraction of sp³-hybridized carbons (Fsp3) is 0.684. The molecule has 2 bridgehead atoms. The van der Waals surface area contributed by atoms with E-state index in [1.807, 2.05) is 18.3 Å². The van der Waals surface area contributed by atoms with Crippen LogP contribution >= 0.6 is 24.8 Å². The molecule has 1 aromatic heterocycles. The number of ether oxygens (including phenoxy) is 1. The summed E-state index contributed by atoms with van der Waals surface area (Å²) in [7, 11) is 0. The highest BCUT2D eigenvalue weighted by molar-refractivity contribution is 5.91. The molecule has 152 valence electrons. The Bertz CT molecular complexity index is 596. The maximum absolute atomic E-state index is 12.7. The molecule has 0 radical (unpaired) electrons. The largest absolute Gasteiger partial charge is 0.378 e. The molecule has 2 aliphatic carbocycles. The first-order valence-corrected chi connectivity index (χ1v) is 9.56. The number of anilines is 2. The highest BCUT2D eigenvalue weighted by Crippen LogP contribution is 2.42.